The molecule has 0 radical (unpaired) electrons. The maximum atomic E-state index is 10.7. The number of amides is 1. The van der Waals surface area contributed by atoms with Crippen molar-refractivity contribution in [3.63, 3.8) is 0 Å². The molecule has 0 fully saturated rings. The highest BCUT2D eigenvalue weighted by Gasteiger charge is 1.92. The minimum absolute atomic E-state index is 0.0373. The maximum Gasteiger partial charge on any atom is 0.220 e. The lowest BCUT2D eigenvalue weighted by Crippen LogP contribution is -2.16. The van der Waals surface area contributed by atoms with E-state index in [9.17, 15) is 4.79 Å². The molecule has 0 saturated heterocycles. The maximum absolute atomic E-state index is 10.7. The molecule has 1 N–H and O–H groups in total. The van der Waals surface area contributed by atoms with E-state index in [2.05, 4.69) is 5.32 Å². The molecular formula is C11H13NO. The van der Waals surface area contributed by atoms with Gasteiger partial charge in [-0.1, -0.05) is 30.3 Å². The van der Waals surface area contributed by atoms with E-state index in [1.807, 2.05) is 43.3 Å². The lowest BCUT2D eigenvalue weighted by Gasteiger charge is -2.00. The Bertz CT molecular complexity index is 314. The van der Waals surface area contributed by atoms with Gasteiger partial charge in [-0.25, -0.2) is 0 Å². The van der Waals surface area contributed by atoms with Gasteiger partial charge in [0, 0.05) is 12.6 Å². The van der Waals surface area contributed by atoms with E-state index >= 15 is 0 Å². The molecule has 0 bridgehead atoms. The zero-order valence-corrected chi connectivity index (χ0v) is 7.87. The van der Waals surface area contributed by atoms with Crippen molar-refractivity contribution in [1.82, 2.24) is 5.32 Å². The van der Waals surface area contributed by atoms with Gasteiger partial charge in [-0.3, -0.25) is 4.79 Å². The van der Waals surface area contributed by atoms with Crippen molar-refractivity contribution in [3.8, 4) is 0 Å². The predicted molar refractivity (Wildman–Crippen MR) is 53.9 cm³/mol. The second kappa shape index (κ2) is 4.45. The molecule has 0 unspecified atom stereocenters. The Balaban J connectivity index is 2.71. The average Bonchev–Trinajstić information content (AvgIpc) is 2.04. The molecule has 1 rings (SSSR count). The van der Waals surface area contributed by atoms with Crippen molar-refractivity contribution in [2.75, 3.05) is 0 Å². The van der Waals surface area contributed by atoms with Crippen LogP contribution in [0.5, 0.6) is 0 Å². The summed E-state index contributed by atoms with van der Waals surface area (Å²) in [5.41, 5.74) is 1.95. The number of nitrogens with one attached hydrogen (secondary N) is 1. The van der Waals surface area contributed by atoms with Crippen LogP contribution in [0.15, 0.2) is 36.0 Å². The Morgan fingerprint density at radius 1 is 1.23 bits per heavy atom. The van der Waals surface area contributed by atoms with Crippen molar-refractivity contribution in [2.45, 2.75) is 13.8 Å². The molecule has 2 nitrogen and oxygen atoms in total. The number of hydrogen-bond acceptors (Lipinski definition) is 1. The first kappa shape index (κ1) is 9.52. The number of hydrogen-bond donors (Lipinski definition) is 1. The Morgan fingerprint density at radius 2 is 1.85 bits per heavy atom. The van der Waals surface area contributed by atoms with Gasteiger partial charge in [0.1, 0.15) is 0 Å². The third kappa shape index (κ3) is 3.56. The third-order valence-electron chi connectivity index (χ3n) is 1.56. The van der Waals surface area contributed by atoms with Crippen LogP contribution in [0, 0.1) is 0 Å². The van der Waals surface area contributed by atoms with E-state index in [0.29, 0.717) is 0 Å². The molecule has 1 amide bonds. The molecule has 0 saturated carbocycles. The molecule has 2 heteroatoms. The third-order valence-corrected chi connectivity index (χ3v) is 1.56. The second-order valence-corrected chi connectivity index (χ2v) is 2.92. The fourth-order valence-corrected chi connectivity index (χ4v) is 1.11. The average molecular weight is 175 g/mol. The molecule has 68 valence electrons. The lowest BCUT2D eigenvalue weighted by atomic mass is 10.2. The van der Waals surface area contributed by atoms with Gasteiger partial charge in [0.15, 0.2) is 0 Å². The molecule has 0 aromatic heterocycles. The second-order valence-electron chi connectivity index (χ2n) is 2.92. The first-order chi connectivity index (χ1) is 6.18. The SMILES string of the molecule is CC(=O)N/C(C)=C/c1ccccc1. The summed E-state index contributed by atoms with van der Waals surface area (Å²) >= 11 is 0. The van der Waals surface area contributed by atoms with Crippen LogP contribution >= 0.6 is 0 Å². The summed E-state index contributed by atoms with van der Waals surface area (Å²) < 4.78 is 0. The van der Waals surface area contributed by atoms with Crippen molar-refractivity contribution < 1.29 is 4.79 Å². The van der Waals surface area contributed by atoms with E-state index in [4.69, 9.17) is 0 Å². The van der Waals surface area contributed by atoms with Crippen LogP contribution in [0.25, 0.3) is 6.08 Å². The number of carbonyl (C=O) groups is 1. The number of allylic oxidation sites excluding steroid dienone is 1. The molecule has 0 aliphatic rings. The monoisotopic (exact) mass is 175 g/mol. The summed E-state index contributed by atoms with van der Waals surface area (Å²) in [6.07, 6.45) is 1.93. The van der Waals surface area contributed by atoms with Gasteiger partial charge in [-0.05, 0) is 18.6 Å². The molecule has 0 aliphatic carbocycles. The van der Waals surface area contributed by atoms with Gasteiger partial charge in [-0.15, -0.1) is 0 Å². The van der Waals surface area contributed by atoms with Crippen LogP contribution < -0.4 is 5.32 Å². The summed E-state index contributed by atoms with van der Waals surface area (Å²) in [7, 11) is 0. The van der Waals surface area contributed by atoms with Gasteiger partial charge in [0.2, 0.25) is 5.91 Å². The largest absolute Gasteiger partial charge is 0.330 e. The highest BCUT2D eigenvalue weighted by atomic mass is 16.1. The summed E-state index contributed by atoms with van der Waals surface area (Å²) in [5, 5.41) is 2.71. The van der Waals surface area contributed by atoms with Gasteiger partial charge < -0.3 is 5.32 Å². The smallest absolute Gasteiger partial charge is 0.220 e. The molecule has 0 aliphatic heterocycles. The normalized spacial score (nSPS) is 11.1. The quantitative estimate of drug-likeness (QED) is 0.733. The summed E-state index contributed by atoms with van der Waals surface area (Å²) in [5.74, 6) is -0.0373. The lowest BCUT2D eigenvalue weighted by molar-refractivity contribution is -0.118. The zero-order chi connectivity index (χ0) is 9.68. The van der Waals surface area contributed by atoms with Gasteiger partial charge >= 0.3 is 0 Å². The standard InChI is InChI=1S/C11H13NO/c1-9(12-10(2)13)8-11-6-4-3-5-7-11/h3-8H,1-2H3,(H,12,13)/b9-8+. The molecule has 0 atom stereocenters. The van der Waals surface area contributed by atoms with Crippen LogP contribution in [-0.4, -0.2) is 5.91 Å². The van der Waals surface area contributed by atoms with Gasteiger partial charge in [0.25, 0.3) is 0 Å². The van der Waals surface area contributed by atoms with Crippen LogP contribution in [0.2, 0.25) is 0 Å². The van der Waals surface area contributed by atoms with Crippen LogP contribution in [0.4, 0.5) is 0 Å². The first-order valence-corrected chi connectivity index (χ1v) is 4.19. The molecule has 1 aromatic carbocycles. The Labute approximate surface area is 78.3 Å². The Kier molecular flexibility index (Phi) is 3.26. The van der Waals surface area contributed by atoms with Crippen LogP contribution in [-0.2, 0) is 4.79 Å². The minimum atomic E-state index is -0.0373. The summed E-state index contributed by atoms with van der Waals surface area (Å²) in [6, 6.07) is 9.88. The summed E-state index contributed by atoms with van der Waals surface area (Å²) in [4.78, 5) is 10.7. The van der Waals surface area contributed by atoms with Gasteiger partial charge in [-0.2, -0.15) is 0 Å². The van der Waals surface area contributed by atoms with Crippen molar-refractivity contribution in [2.24, 2.45) is 0 Å². The fraction of sp³-hybridized carbons (Fsp3) is 0.182. The first-order valence-electron chi connectivity index (χ1n) is 4.19. The van der Waals surface area contributed by atoms with E-state index in [1.165, 1.54) is 6.92 Å². The number of benzene rings is 1. The van der Waals surface area contributed by atoms with Crippen molar-refractivity contribution >= 4 is 12.0 Å². The van der Waals surface area contributed by atoms with E-state index < -0.39 is 0 Å². The van der Waals surface area contributed by atoms with Crippen molar-refractivity contribution in [3.05, 3.63) is 41.6 Å². The topological polar surface area (TPSA) is 29.1 Å². The van der Waals surface area contributed by atoms with E-state index in [0.717, 1.165) is 11.3 Å². The molecular weight excluding hydrogens is 162 g/mol. The predicted octanol–water partition coefficient (Wildman–Crippen LogP) is 2.18. The van der Waals surface area contributed by atoms with Gasteiger partial charge in [0.05, 0.1) is 0 Å². The molecule has 1 aromatic rings. The Hall–Kier alpha value is -1.57. The zero-order valence-electron chi connectivity index (χ0n) is 7.87. The minimum Gasteiger partial charge on any atom is -0.330 e. The summed E-state index contributed by atoms with van der Waals surface area (Å²) in [6.45, 7) is 3.37. The molecule has 0 spiro atoms. The molecule has 0 heterocycles. The van der Waals surface area contributed by atoms with E-state index in [-0.39, 0.29) is 5.91 Å². The van der Waals surface area contributed by atoms with Crippen LogP contribution in [0.1, 0.15) is 19.4 Å². The van der Waals surface area contributed by atoms with Crippen LogP contribution in [0.3, 0.4) is 0 Å². The number of rotatable bonds is 2. The highest BCUT2D eigenvalue weighted by molar-refractivity contribution is 5.76. The van der Waals surface area contributed by atoms with Crippen molar-refractivity contribution in [1.29, 1.82) is 0 Å². The van der Waals surface area contributed by atoms with E-state index in [1.54, 1.807) is 0 Å². The fourth-order valence-electron chi connectivity index (χ4n) is 1.11. The number of carbonyl (C=O) groups excluding carboxylic acids is 1. The Morgan fingerprint density at radius 3 is 2.38 bits per heavy atom. The molecule has 13 heavy (non-hydrogen) atoms. The highest BCUT2D eigenvalue weighted by Crippen LogP contribution is 2.03.